The molecule has 1 N–H and O–H groups in total. The molecule has 0 radical (unpaired) electrons. The van der Waals surface area contributed by atoms with Crippen molar-refractivity contribution in [2.45, 2.75) is 38.6 Å². The van der Waals surface area contributed by atoms with E-state index in [0.717, 1.165) is 32.5 Å². The van der Waals surface area contributed by atoms with E-state index in [4.69, 9.17) is 0 Å². The minimum Gasteiger partial charge on any atom is -0.350 e. The van der Waals surface area contributed by atoms with Crippen LogP contribution in [0.2, 0.25) is 0 Å². The fourth-order valence-corrected chi connectivity index (χ4v) is 4.94. The number of nitrogens with one attached hydrogen (secondary N) is 1. The van der Waals surface area contributed by atoms with E-state index in [1.54, 1.807) is 12.4 Å². The second kappa shape index (κ2) is 7.19. The number of carbonyl (C=O) groups is 2. The van der Waals surface area contributed by atoms with Crippen LogP contribution >= 0.6 is 0 Å². The van der Waals surface area contributed by atoms with E-state index in [1.807, 2.05) is 4.90 Å². The van der Waals surface area contributed by atoms with Crippen molar-refractivity contribution in [3.63, 3.8) is 0 Å². The van der Waals surface area contributed by atoms with Gasteiger partial charge in [0.25, 0.3) is 5.91 Å². The molecular weight excluding hydrogens is 342 g/mol. The molecule has 27 heavy (non-hydrogen) atoms. The lowest BCUT2D eigenvalue weighted by Gasteiger charge is -2.42. The quantitative estimate of drug-likeness (QED) is 0.860. The Hall–Kier alpha value is -2.02. The predicted molar refractivity (Wildman–Crippen MR) is 101 cm³/mol. The van der Waals surface area contributed by atoms with E-state index in [-0.39, 0.29) is 23.3 Å². The van der Waals surface area contributed by atoms with Gasteiger partial charge in [0.15, 0.2) is 0 Å². The van der Waals surface area contributed by atoms with Crippen LogP contribution in [-0.2, 0) is 4.79 Å². The Bertz CT molecular complexity index is 700. The lowest BCUT2D eigenvalue weighted by molar-refractivity contribution is -0.123. The molecule has 0 bridgehead atoms. The molecule has 146 valence electrons. The summed E-state index contributed by atoms with van der Waals surface area (Å²) < 4.78 is 0. The highest BCUT2D eigenvalue weighted by Crippen LogP contribution is 2.44. The highest BCUT2D eigenvalue weighted by molar-refractivity contribution is 5.92. The second-order valence-electron chi connectivity index (χ2n) is 8.68. The van der Waals surface area contributed by atoms with Gasteiger partial charge in [-0.2, -0.15) is 0 Å². The summed E-state index contributed by atoms with van der Waals surface area (Å²) in [6.07, 6.45) is 7.46. The van der Waals surface area contributed by atoms with E-state index < -0.39 is 0 Å². The third-order valence-electron chi connectivity index (χ3n) is 6.56. The molecule has 3 aliphatic rings. The van der Waals surface area contributed by atoms with Gasteiger partial charge in [-0.3, -0.25) is 14.6 Å². The number of hydrogen-bond donors (Lipinski definition) is 1. The summed E-state index contributed by atoms with van der Waals surface area (Å²) in [7, 11) is 0. The number of piperidine rings is 1. The third kappa shape index (κ3) is 3.45. The molecule has 3 saturated heterocycles. The largest absolute Gasteiger partial charge is 0.350 e. The molecule has 3 aliphatic heterocycles. The summed E-state index contributed by atoms with van der Waals surface area (Å²) in [5, 5.41) is 3.32. The van der Waals surface area contributed by atoms with Crippen LogP contribution in [0.1, 0.15) is 43.6 Å². The molecule has 0 aliphatic carbocycles. The first-order valence-corrected chi connectivity index (χ1v) is 10.1. The Labute approximate surface area is 160 Å². The number of amides is 2. The molecule has 7 heteroatoms. The maximum atomic E-state index is 12.6. The fraction of sp³-hybridized carbons (Fsp3) is 0.700. The van der Waals surface area contributed by atoms with Crippen molar-refractivity contribution in [2.75, 3.05) is 32.7 Å². The summed E-state index contributed by atoms with van der Waals surface area (Å²) in [5.74, 6) is 1.30. The SMILES string of the molecule is CC(C)CCN1C[C@H]2C(=O)NC3(CCN(C(=O)c4cnccn4)CC3)[C@H]2C1. The highest BCUT2D eigenvalue weighted by Gasteiger charge is 2.57. The molecule has 1 aromatic heterocycles. The van der Waals surface area contributed by atoms with Crippen molar-refractivity contribution in [1.29, 1.82) is 0 Å². The van der Waals surface area contributed by atoms with Gasteiger partial charge in [-0.05, 0) is 31.7 Å². The maximum absolute atomic E-state index is 12.6. The Morgan fingerprint density at radius 1 is 1.30 bits per heavy atom. The van der Waals surface area contributed by atoms with Gasteiger partial charge in [-0.1, -0.05) is 13.8 Å². The summed E-state index contributed by atoms with van der Waals surface area (Å²) in [6.45, 7) is 8.76. The number of aromatic nitrogens is 2. The van der Waals surface area contributed by atoms with Crippen molar-refractivity contribution in [1.82, 2.24) is 25.1 Å². The van der Waals surface area contributed by atoms with Crippen LogP contribution in [-0.4, -0.2) is 69.8 Å². The predicted octanol–water partition coefficient (Wildman–Crippen LogP) is 1.18. The van der Waals surface area contributed by atoms with E-state index in [0.29, 0.717) is 30.6 Å². The van der Waals surface area contributed by atoms with Gasteiger partial charge in [0.05, 0.1) is 12.1 Å². The standard InChI is InChI=1S/C20H29N5O2/c1-14(2)3-8-24-12-15-16(13-24)20(23-18(15)26)4-9-25(10-5-20)19(27)17-11-21-6-7-22-17/h6-7,11,14-16H,3-5,8-10,12-13H2,1-2H3,(H,23,26)/t15-,16+/m1/s1. The summed E-state index contributed by atoms with van der Waals surface area (Å²) >= 11 is 0. The number of fused-ring (bicyclic) bond motifs is 2. The molecule has 0 saturated carbocycles. The molecule has 0 unspecified atom stereocenters. The van der Waals surface area contributed by atoms with Crippen LogP contribution in [0.4, 0.5) is 0 Å². The van der Waals surface area contributed by atoms with Crippen LogP contribution in [0.15, 0.2) is 18.6 Å². The zero-order valence-electron chi connectivity index (χ0n) is 16.2. The number of likely N-dealkylation sites (tertiary alicyclic amines) is 2. The molecule has 3 fully saturated rings. The average molecular weight is 371 g/mol. The molecular formula is C20H29N5O2. The van der Waals surface area contributed by atoms with Crippen molar-refractivity contribution in [3.05, 3.63) is 24.3 Å². The van der Waals surface area contributed by atoms with Gasteiger partial charge in [0.1, 0.15) is 5.69 Å². The topological polar surface area (TPSA) is 78.4 Å². The average Bonchev–Trinajstić information content (AvgIpc) is 3.21. The van der Waals surface area contributed by atoms with Gasteiger partial charge in [0, 0.05) is 50.0 Å². The number of hydrogen-bond acceptors (Lipinski definition) is 5. The molecule has 2 amide bonds. The van der Waals surface area contributed by atoms with Gasteiger partial charge in [0.2, 0.25) is 5.91 Å². The zero-order valence-corrected chi connectivity index (χ0v) is 16.2. The lowest BCUT2D eigenvalue weighted by atomic mass is 9.75. The smallest absolute Gasteiger partial charge is 0.274 e. The maximum Gasteiger partial charge on any atom is 0.274 e. The normalized spacial score (nSPS) is 27.2. The number of carbonyl (C=O) groups excluding carboxylic acids is 2. The van der Waals surface area contributed by atoms with Crippen molar-refractivity contribution >= 4 is 11.8 Å². The Morgan fingerprint density at radius 2 is 2.07 bits per heavy atom. The monoisotopic (exact) mass is 371 g/mol. The van der Waals surface area contributed by atoms with Crippen molar-refractivity contribution in [3.8, 4) is 0 Å². The van der Waals surface area contributed by atoms with Gasteiger partial charge in [-0.15, -0.1) is 0 Å². The first-order valence-electron chi connectivity index (χ1n) is 10.1. The Morgan fingerprint density at radius 3 is 2.74 bits per heavy atom. The van der Waals surface area contributed by atoms with Crippen molar-refractivity contribution < 1.29 is 9.59 Å². The highest BCUT2D eigenvalue weighted by atomic mass is 16.2. The molecule has 4 heterocycles. The molecule has 1 spiro atoms. The first-order chi connectivity index (χ1) is 13.0. The summed E-state index contributed by atoms with van der Waals surface area (Å²) in [6, 6.07) is 0. The van der Waals surface area contributed by atoms with Crippen LogP contribution in [0, 0.1) is 17.8 Å². The van der Waals surface area contributed by atoms with E-state index >= 15 is 0 Å². The van der Waals surface area contributed by atoms with E-state index in [1.165, 1.54) is 12.6 Å². The fourth-order valence-electron chi connectivity index (χ4n) is 4.94. The minimum atomic E-state index is -0.145. The molecule has 7 nitrogen and oxygen atoms in total. The van der Waals surface area contributed by atoms with Gasteiger partial charge >= 0.3 is 0 Å². The Balaban J connectivity index is 1.40. The van der Waals surface area contributed by atoms with Crippen LogP contribution in [0.3, 0.4) is 0 Å². The number of rotatable bonds is 4. The summed E-state index contributed by atoms with van der Waals surface area (Å²) in [4.78, 5) is 37.7. The lowest BCUT2D eigenvalue weighted by Crippen LogP contribution is -2.56. The van der Waals surface area contributed by atoms with E-state index in [2.05, 4.69) is 34.0 Å². The van der Waals surface area contributed by atoms with E-state index in [9.17, 15) is 9.59 Å². The summed E-state index contributed by atoms with van der Waals surface area (Å²) in [5.41, 5.74) is 0.246. The molecule has 4 rings (SSSR count). The third-order valence-corrected chi connectivity index (χ3v) is 6.56. The molecule has 2 atom stereocenters. The second-order valence-corrected chi connectivity index (χ2v) is 8.68. The number of nitrogens with zero attached hydrogens (tertiary/aromatic N) is 4. The van der Waals surface area contributed by atoms with Gasteiger partial charge < -0.3 is 15.1 Å². The first kappa shape index (κ1) is 18.3. The molecule has 1 aromatic rings. The minimum absolute atomic E-state index is 0.0659. The zero-order chi connectivity index (χ0) is 19.0. The Kier molecular flexibility index (Phi) is 4.88. The van der Waals surface area contributed by atoms with Crippen molar-refractivity contribution in [2.24, 2.45) is 17.8 Å². The molecule has 0 aromatic carbocycles. The van der Waals surface area contributed by atoms with Gasteiger partial charge in [-0.25, -0.2) is 4.98 Å². The van der Waals surface area contributed by atoms with Crippen LogP contribution < -0.4 is 5.32 Å². The van der Waals surface area contributed by atoms with Crippen LogP contribution in [0.5, 0.6) is 0 Å². The van der Waals surface area contributed by atoms with Crippen LogP contribution in [0.25, 0.3) is 0 Å².